The van der Waals surface area contributed by atoms with E-state index in [1.807, 2.05) is 0 Å². The summed E-state index contributed by atoms with van der Waals surface area (Å²) < 4.78 is 0. The molecule has 0 radical (unpaired) electrons. The molecule has 1 fully saturated rings. The van der Waals surface area contributed by atoms with Crippen molar-refractivity contribution in [3.8, 4) is 0 Å². The smallest absolute Gasteiger partial charge is 0.305 e. The van der Waals surface area contributed by atoms with Gasteiger partial charge in [-0.2, -0.15) is 0 Å². The van der Waals surface area contributed by atoms with Gasteiger partial charge in [-0.25, -0.2) is 0 Å². The van der Waals surface area contributed by atoms with Crippen LogP contribution >= 0.6 is 0 Å². The van der Waals surface area contributed by atoms with E-state index in [4.69, 9.17) is 5.11 Å². The minimum Gasteiger partial charge on any atom is -0.481 e. The molecular weight excluding hydrogens is 168 g/mol. The summed E-state index contributed by atoms with van der Waals surface area (Å²) in [5.41, 5.74) is 0. The van der Waals surface area contributed by atoms with Crippen LogP contribution in [-0.2, 0) is 4.79 Å². The van der Waals surface area contributed by atoms with Crippen LogP contribution < -0.4 is 0 Å². The van der Waals surface area contributed by atoms with Crippen LogP contribution in [0, 0.1) is 17.8 Å². The van der Waals surface area contributed by atoms with Crippen LogP contribution in [0.4, 0.5) is 0 Å². The molecule has 2 aliphatic carbocycles. The van der Waals surface area contributed by atoms with Gasteiger partial charge < -0.3 is 10.2 Å². The second-order valence-corrected chi connectivity index (χ2v) is 4.11. The lowest BCUT2D eigenvalue weighted by Crippen LogP contribution is -2.26. The van der Waals surface area contributed by atoms with E-state index in [1.165, 1.54) is 0 Å². The standard InChI is InChI=1S/C10H14O3/c11-9(5-10(12)13)8-4-6-1-2-7(8)3-6/h1-2,6-9,11H,3-5H2,(H,12,13)/t6?,7?,8?,9-/m0/s1. The number of carboxylic acids is 1. The quantitative estimate of drug-likeness (QED) is 0.641. The lowest BCUT2D eigenvalue weighted by atomic mass is 9.87. The molecule has 0 aromatic carbocycles. The van der Waals surface area contributed by atoms with Gasteiger partial charge in [-0.1, -0.05) is 12.2 Å². The lowest BCUT2D eigenvalue weighted by molar-refractivity contribution is -0.140. The SMILES string of the molecule is O=C(O)C[C@H](O)C1CC2C=CC1C2. The molecule has 2 bridgehead atoms. The van der Waals surface area contributed by atoms with Gasteiger partial charge in [0.1, 0.15) is 0 Å². The molecule has 0 spiro atoms. The lowest BCUT2D eigenvalue weighted by Gasteiger charge is -2.22. The monoisotopic (exact) mass is 182 g/mol. The molecule has 0 aromatic rings. The van der Waals surface area contributed by atoms with Crippen molar-refractivity contribution in [3.63, 3.8) is 0 Å². The number of carboxylic acid groups (broad SMARTS) is 1. The Morgan fingerprint density at radius 2 is 2.23 bits per heavy atom. The zero-order valence-electron chi connectivity index (χ0n) is 7.39. The van der Waals surface area contributed by atoms with Crippen molar-refractivity contribution in [1.82, 2.24) is 0 Å². The molecule has 0 amide bonds. The van der Waals surface area contributed by atoms with E-state index in [2.05, 4.69) is 12.2 Å². The Bertz CT molecular complexity index is 247. The van der Waals surface area contributed by atoms with Gasteiger partial charge in [-0.05, 0) is 30.6 Å². The zero-order chi connectivity index (χ0) is 9.42. The van der Waals surface area contributed by atoms with Crippen LogP contribution in [0.1, 0.15) is 19.3 Å². The van der Waals surface area contributed by atoms with Crippen LogP contribution in [0.15, 0.2) is 12.2 Å². The Morgan fingerprint density at radius 1 is 1.46 bits per heavy atom. The predicted octanol–water partition coefficient (Wildman–Crippen LogP) is 1.03. The summed E-state index contributed by atoms with van der Waals surface area (Å²) in [4.78, 5) is 10.4. The number of carbonyl (C=O) groups is 1. The zero-order valence-corrected chi connectivity index (χ0v) is 7.39. The van der Waals surface area contributed by atoms with E-state index in [-0.39, 0.29) is 12.3 Å². The molecule has 2 aliphatic rings. The molecule has 0 aromatic heterocycles. The molecule has 0 aliphatic heterocycles. The molecule has 3 heteroatoms. The van der Waals surface area contributed by atoms with Crippen LogP contribution in [0.3, 0.4) is 0 Å². The number of hydrogen-bond acceptors (Lipinski definition) is 2. The minimum atomic E-state index is -0.903. The van der Waals surface area contributed by atoms with E-state index >= 15 is 0 Å². The molecule has 3 unspecified atom stereocenters. The second kappa shape index (κ2) is 3.14. The summed E-state index contributed by atoms with van der Waals surface area (Å²) in [6.45, 7) is 0. The van der Waals surface area contributed by atoms with Crippen molar-refractivity contribution in [2.45, 2.75) is 25.4 Å². The first-order valence-corrected chi connectivity index (χ1v) is 4.75. The predicted molar refractivity (Wildman–Crippen MR) is 47.1 cm³/mol. The number of hydrogen-bond donors (Lipinski definition) is 2. The highest BCUT2D eigenvalue weighted by atomic mass is 16.4. The van der Waals surface area contributed by atoms with E-state index in [0.29, 0.717) is 11.8 Å². The summed E-state index contributed by atoms with van der Waals surface area (Å²) in [6, 6.07) is 0. The number of allylic oxidation sites excluding steroid dienone is 2. The molecule has 3 nitrogen and oxygen atoms in total. The van der Waals surface area contributed by atoms with Gasteiger partial charge in [0.2, 0.25) is 0 Å². The van der Waals surface area contributed by atoms with Crippen molar-refractivity contribution in [1.29, 1.82) is 0 Å². The summed E-state index contributed by atoms with van der Waals surface area (Å²) in [6.07, 6.45) is 5.63. The Morgan fingerprint density at radius 3 is 2.69 bits per heavy atom. The number of aliphatic hydroxyl groups is 1. The first-order chi connectivity index (χ1) is 6.16. The maximum atomic E-state index is 10.4. The van der Waals surface area contributed by atoms with E-state index < -0.39 is 12.1 Å². The van der Waals surface area contributed by atoms with Crippen molar-refractivity contribution < 1.29 is 15.0 Å². The van der Waals surface area contributed by atoms with Gasteiger partial charge >= 0.3 is 5.97 Å². The fraction of sp³-hybridized carbons (Fsp3) is 0.700. The molecule has 0 saturated heterocycles. The fourth-order valence-electron chi connectivity index (χ4n) is 2.60. The highest BCUT2D eigenvalue weighted by molar-refractivity contribution is 5.67. The van der Waals surface area contributed by atoms with Gasteiger partial charge in [-0.3, -0.25) is 4.79 Å². The highest BCUT2D eigenvalue weighted by Gasteiger charge is 2.39. The van der Waals surface area contributed by atoms with Gasteiger partial charge in [-0.15, -0.1) is 0 Å². The molecule has 2 rings (SSSR count). The van der Waals surface area contributed by atoms with Crippen molar-refractivity contribution in [3.05, 3.63) is 12.2 Å². The maximum Gasteiger partial charge on any atom is 0.305 e. The van der Waals surface area contributed by atoms with E-state index in [0.717, 1.165) is 12.8 Å². The summed E-state index contributed by atoms with van der Waals surface area (Å²) in [7, 11) is 0. The first-order valence-electron chi connectivity index (χ1n) is 4.75. The third-order valence-electron chi connectivity index (χ3n) is 3.21. The molecular formula is C10H14O3. The molecule has 4 atom stereocenters. The van der Waals surface area contributed by atoms with Gasteiger partial charge in [0.15, 0.2) is 0 Å². The van der Waals surface area contributed by atoms with Crippen molar-refractivity contribution >= 4 is 5.97 Å². The number of rotatable bonds is 3. The summed E-state index contributed by atoms with van der Waals surface area (Å²) in [5, 5.41) is 18.2. The van der Waals surface area contributed by atoms with Crippen molar-refractivity contribution in [2.24, 2.45) is 17.8 Å². The third-order valence-corrected chi connectivity index (χ3v) is 3.21. The van der Waals surface area contributed by atoms with Crippen molar-refractivity contribution in [2.75, 3.05) is 0 Å². The molecule has 1 saturated carbocycles. The van der Waals surface area contributed by atoms with Crippen LogP contribution in [0.5, 0.6) is 0 Å². The van der Waals surface area contributed by atoms with Gasteiger partial charge in [0, 0.05) is 0 Å². The van der Waals surface area contributed by atoms with Crippen LogP contribution in [0.2, 0.25) is 0 Å². The summed E-state index contributed by atoms with van der Waals surface area (Å²) in [5.74, 6) is 0.308. The first kappa shape index (κ1) is 8.75. The second-order valence-electron chi connectivity index (χ2n) is 4.11. The number of aliphatic hydroxyl groups excluding tert-OH is 1. The third kappa shape index (κ3) is 1.61. The molecule has 0 heterocycles. The highest BCUT2D eigenvalue weighted by Crippen LogP contribution is 2.45. The topological polar surface area (TPSA) is 57.5 Å². The van der Waals surface area contributed by atoms with Gasteiger partial charge in [0.05, 0.1) is 12.5 Å². The fourth-order valence-corrected chi connectivity index (χ4v) is 2.60. The van der Waals surface area contributed by atoms with Crippen LogP contribution in [0.25, 0.3) is 0 Å². The number of fused-ring (bicyclic) bond motifs is 2. The largest absolute Gasteiger partial charge is 0.481 e. The minimum absolute atomic E-state index is 0.109. The average Bonchev–Trinajstić information content (AvgIpc) is 2.62. The Balaban J connectivity index is 1.95. The Hall–Kier alpha value is -0.830. The maximum absolute atomic E-state index is 10.4. The number of aliphatic carboxylic acids is 1. The molecule has 13 heavy (non-hydrogen) atoms. The Labute approximate surface area is 77.1 Å². The normalized spacial score (nSPS) is 38.1. The Kier molecular flexibility index (Phi) is 2.12. The molecule has 72 valence electrons. The van der Waals surface area contributed by atoms with E-state index in [9.17, 15) is 9.90 Å². The summed E-state index contributed by atoms with van der Waals surface area (Å²) >= 11 is 0. The van der Waals surface area contributed by atoms with E-state index in [1.54, 1.807) is 0 Å². The average molecular weight is 182 g/mol. The molecule has 2 N–H and O–H groups in total. The van der Waals surface area contributed by atoms with Gasteiger partial charge in [0.25, 0.3) is 0 Å². The van der Waals surface area contributed by atoms with Crippen LogP contribution in [-0.4, -0.2) is 22.3 Å².